The summed E-state index contributed by atoms with van der Waals surface area (Å²) in [6.45, 7) is 1.98. The molecule has 0 aliphatic carbocycles. The Labute approximate surface area is 89.5 Å². The van der Waals surface area contributed by atoms with Gasteiger partial charge >= 0.3 is 0 Å². The highest BCUT2D eigenvalue weighted by Crippen LogP contribution is 2.23. The van der Waals surface area contributed by atoms with Crippen LogP contribution in [-0.2, 0) is 11.0 Å². The lowest BCUT2D eigenvalue weighted by atomic mass is 10.1. The highest BCUT2D eigenvalue weighted by Gasteiger charge is 2.00. The number of fused-ring (bicyclic) bond motifs is 1. The number of hydrogen-bond donors (Lipinski definition) is 1. The zero-order chi connectivity index (χ0) is 10.8. The fourth-order valence-electron chi connectivity index (χ4n) is 1.55. The third kappa shape index (κ3) is 2.10. The summed E-state index contributed by atoms with van der Waals surface area (Å²) in [5.41, 5.74) is 1.10. The normalized spacial score (nSPS) is 10.8. The predicted octanol–water partition coefficient (Wildman–Crippen LogP) is 2.05. The van der Waals surface area contributed by atoms with Crippen LogP contribution in [0.1, 0.15) is 5.56 Å². The molecule has 0 saturated carbocycles. The molecule has 2 aromatic carbocycles. The van der Waals surface area contributed by atoms with Crippen LogP contribution in [0.2, 0.25) is 0 Å². The van der Waals surface area contributed by atoms with Crippen molar-refractivity contribution >= 4 is 21.8 Å². The Balaban J connectivity index is 2.59. The molecule has 15 heavy (non-hydrogen) atoms. The van der Waals surface area contributed by atoms with Crippen molar-refractivity contribution < 1.29 is 12.6 Å². The van der Waals surface area contributed by atoms with E-state index in [4.69, 9.17) is 0 Å². The van der Waals surface area contributed by atoms with Crippen molar-refractivity contribution in [2.24, 2.45) is 0 Å². The number of hydrogen-bond acceptors (Lipinski definition) is 3. The molecule has 0 radical (unpaired) electrons. The van der Waals surface area contributed by atoms with Crippen LogP contribution in [0.25, 0.3) is 10.8 Å². The summed E-state index contributed by atoms with van der Waals surface area (Å²) >= 11 is 0. The van der Waals surface area contributed by atoms with Gasteiger partial charge in [0.25, 0.3) is 11.0 Å². The Morgan fingerprint density at radius 1 is 1.13 bits per heavy atom. The third-order valence-electron chi connectivity index (χ3n) is 2.25. The molecule has 0 heterocycles. The molecule has 4 heteroatoms. The van der Waals surface area contributed by atoms with Gasteiger partial charge in [-0.05, 0) is 35.4 Å². The molecule has 0 bridgehead atoms. The first kappa shape index (κ1) is 9.98. The van der Waals surface area contributed by atoms with E-state index in [1.54, 1.807) is 12.1 Å². The van der Waals surface area contributed by atoms with Crippen LogP contribution in [0.3, 0.4) is 0 Å². The van der Waals surface area contributed by atoms with Crippen LogP contribution in [-0.4, -0.2) is 8.42 Å². The summed E-state index contributed by atoms with van der Waals surface area (Å²) in [7, 11) is -2.84. The van der Waals surface area contributed by atoms with E-state index in [1.165, 1.54) is 0 Å². The number of thiol groups is 1. The average molecular weight is 222 g/mol. The second-order valence-corrected chi connectivity index (χ2v) is 3.90. The minimum atomic E-state index is -2.84. The Hall–Kier alpha value is -1.55. The molecule has 78 valence electrons. The quantitative estimate of drug-likeness (QED) is 0.791. The monoisotopic (exact) mass is 222 g/mol. The predicted molar refractivity (Wildman–Crippen MR) is 59.6 cm³/mol. The van der Waals surface area contributed by atoms with Gasteiger partial charge < -0.3 is 4.18 Å². The first-order valence-electron chi connectivity index (χ1n) is 4.48. The molecule has 0 aromatic heterocycles. The van der Waals surface area contributed by atoms with Crippen molar-refractivity contribution in [3.05, 3.63) is 42.0 Å². The first-order valence-corrected chi connectivity index (χ1v) is 5.58. The Morgan fingerprint density at radius 3 is 2.67 bits per heavy atom. The van der Waals surface area contributed by atoms with Crippen molar-refractivity contribution in [1.82, 2.24) is 0 Å². The molecule has 0 aliphatic heterocycles. The van der Waals surface area contributed by atoms with E-state index in [-0.39, 0.29) is 0 Å². The average Bonchev–Trinajstić information content (AvgIpc) is 2.18. The fraction of sp³-hybridized carbons (Fsp3) is 0.0909. The van der Waals surface area contributed by atoms with E-state index >= 15 is 0 Å². The van der Waals surface area contributed by atoms with Crippen molar-refractivity contribution in [3.63, 3.8) is 0 Å². The van der Waals surface area contributed by atoms with Crippen molar-refractivity contribution in [3.8, 4) is 5.75 Å². The summed E-state index contributed by atoms with van der Waals surface area (Å²) in [4.78, 5) is 0. The van der Waals surface area contributed by atoms with Crippen LogP contribution in [0.15, 0.2) is 36.4 Å². The van der Waals surface area contributed by atoms with Gasteiger partial charge in [0.15, 0.2) is 0 Å². The molecule has 0 saturated heterocycles. The number of rotatable bonds is 2. The molecule has 0 N–H and O–H groups in total. The van der Waals surface area contributed by atoms with Crippen LogP contribution >= 0.6 is 0 Å². The molecule has 3 nitrogen and oxygen atoms in total. The van der Waals surface area contributed by atoms with Crippen LogP contribution in [0.5, 0.6) is 5.75 Å². The van der Waals surface area contributed by atoms with Gasteiger partial charge in [-0.15, -0.1) is 0 Å². The second kappa shape index (κ2) is 3.90. The number of aryl methyl sites for hydroxylation is 1. The van der Waals surface area contributed by atoms with Gasteiger partial charge in [-0.1, -0.05) is 24.3 Å². The maximum atomic E-state index is 10.4. The number of benzene rings is 2. The van der Waals surface area contributed by atoms with E-state index in [0.717, 1.165) is 16.3 Å². The van der Waals surface area contributed by atoms with E-state index in [1.807, 2.05) is 31.2 Å². The molecule has 0 amide bonds. The van der Waals surface area contributed by atoms with Crippen molar-refractivity contribution in [1.29, 1.82) is 0 Å². The van der Waals surface area contributed by atoms with Crippen LogP contribution in [0.4, 0.5) is 0 Å². The second-order valence-electron chi connectivity index (χ2n) is 3.27. The molecular weight excluding hydrogens is 212 g/mol. The molecule has 0 unspecified atom stereocenters. The van der Waals surface area contributed by atoms with E-state index in [0.29, 0.717) is 5.75 Å². The summed E-state index contributed by atoms with van der Waals surface area (Å²) in [6, 6.07) is 11.1. The van der Waals surface area contributed by atoms with E-state index < -0.39 is 11.0 Å². The molecule has 2 rings (SSSR count). The largest absolute Gasteiger partial charge is 0.384 e. The standard InChI is InChI=1S/C11H10O3S/c1-8-3-2-4-9-5-6-10(7-11(8)9)14-15(12)13/h2-7,15H,1H3. The van der Waals surface area contributed by atoms with E-state index in [9.17, 15) is 8.42 Å². The SMILES string of the molecule is Cc1cccc2ccc(O[SH](=O)=O)cc12. The third-order valence-corrected chi connectivity index (χ3v) is 2.61. The van der Waals surface area contributed by atoms with Crippen LogP contribution in [0, 0.1) is 6.92 Å². The fourth-order valence-corrected chi connectivity index (χ4v) is 1.84. The van der Waals surface area contributed by atoms with Gasteiger partial charge in [0.2, 0.25) is 0 Å². The zero-order valence-electron chi connectivity index (χ0n) is 8.14. The summed E-state index contributed by atoms with van der Waals surface area (Å²) in [5.74, 6) is 0.355. The van der Waals surface area contributed by atoms with Gasteiger partial charge in [-0.25, -0.2) is 0 Å². The first-order chi connectivity index (χ1) is 7.16. The maximum Gasteiger partial charge on any atom is 0.299 e. The summed E-state index contributed by atoms with van der Waals surface area (Å²) in [6.07, 6.45) is 0. The van der Waals surface area contributed by atoms with Gasteiger partial charge in [0.1, 0.15) is 5.75 Å². The zero-order valence-corrected chi connectivity index (χ0v) is 9.03. The summed E-state index contributed by atoms with van der Waals surface area (Å²) in [5, 5.41) is 2.08. The lowest BCUT2D eigenvalue weighted by molar-refractivity contribution is 0.511. The minimum Gasteiger partial charge on any atom is -0.384 e. The summed E-state index contributed by atoms with van der Waals surface area (Å²) < 4.78 is 25.4. The highest BCUT2D eigenvalue weighted by atomic mass is 32.2. The minimum absolute atomic E-state index is 0.355. The molecular formula is C11H10O3S. The molecule has 0 atom stereocenters. The van der Waals surface area contributed by atoms with Gasteiger partial charge in [0, 0.05) is 0 Å². The molecule has 0 spiro atoms. The molecule has 2 aromatic rings. The Bertz CT molecular complexity index is 565. The lowest BCUT2D eigenvalue weighted by Gasteiger charge is -2.03. The molecule has 0 aliphatic rings. The molecule has 0 fully saturated rings. The van der Waals surface area contributed by atoms with Crippen LogP contribution < -0.4 is 4.18 Å². The smallest absolute Gasteiger partial charge is 0.299 e. The maximum absolute atomic E-state index is 10.4. The Morgan fingerprint density at radius 2 is 1.93 bits per heavy atom. The van der Waals surface area contributed by atoms with Gasteiger partial charge in [-0.2, -0.15) is 8.42 Å². The van der Waals surface area contributed by atoms with Crippen molar-refractivity contribution in [2.75, 3.05) is 0 Å². The highest BCUT2D eigenvalue weighted by molar-refractivity contribution is 7.67. The lowest BCUT2D eigenvalue weighted by Crippen LogP contribution is -1.89. The van der Waals surface area contributed by atoms with Gasteiger partial charge in [-0.3, -0.25) is 0 Å². The van der Waals surface area contributed by atoms with E-state index in [2.05, 4.69) is 4.18 Å². The van der Waals surface area contributed by atoms with Crippen molar-refractivity contribution in [2.45, 2.75) is 6.92 Å². The van der Waals surface area contributed by atoms with Gasteiger partial charge in [0.05, 0.1) is 0 Å². The topological polar surface area (TPSA) is 43.4 Å². The Kier molecular flexibility index (Phi) is 2.60.